The summed E-state index contributed by atoms with van der Waals surface area (Å²) >= 11 is 8.86. The van der Waals surface area contributed by atoms with Crippen LogP contribution in [0.3, 0.4) is 0 Å². The fourth-order valence-electron chi connectivity index (χ4n) is 3.94. The van der Waals surface area contributed by atoms with Crippen molar-refractivity contribution >= 4 is 56.9 Å². The number of allylic oxidation sites excluding steroid dienone is 1. The van der Waals surface area contributed by atoms with E-state index in [2.05, 4.69) is 50.8 Å². The molecule has 7 nitrogen and oxygen atoms in total. The molecule has 1 aliphatic heterocycles. The molecular weight excluding hydrogens is 567 g/mol. The van der Waals surface area contributed by atoms with Crippen molar-refractivity contribution in [2.24, 2.45) is 0 Å². The van der Waals surface area contributed by atoms with Gasteiger partial charge in [0, 0.05) is 41.8 Å². The van der Waals surface area contributed by atoms with Gasteiger partial charge in [-0.3, -0.25) is 4.98 Å². The Hall–Kier alpha value is -2.59. The van der Waals surface area contributed by atoms with Crippen LogP contribution in [0.15, 0.2) is 48.9 Å². The quantitative estimate of drug-likeness (QED) is 0.175. The van der Waals surface area contributed by atoms with Gasteiger partial charge in [-0.05, 0) is 38.0 Å². The molecule has 1 aliphatic rings. The first-order valence-electron chi connectivity index (χ1n) is 11.0. The van der Waals surface area contributed by atoms with Crippen LogP contribution in [0.4, 0.5) is 10.5 Å². The molecule has 0 unspecified atom stereocenters. The number of amides is 1. The molecule has 0 aliphatic carbocycles. The third kappa shape index (κ3) is 5.38. The number of carbonyl (C=O) groups is 1. The van der Waals surface area contributed by atoms with Gasteiger partial charge in [0.2, 0.25) is 0 Å². The van der Waals surface area contributed by atoms with Crippen LogP contribution in [0.25, 0.3) is 10.9 Å². The van der Waals surface area contributed by atoms with E-state index >= 15 is 0 Å². The summed E-state index contributed by atoms with van der Waals surface area (Å²) in [6.07, 6.45) is 7.88. The second-order valence-corrected chi connectivity index (χ2v) is 9.03. The molecule has 0 saturated carbocycles. The van der Waals surface area contributed by atoms with E-state index in [9.17, 15) is 4.79 Å². The molecule has 0 spiro atoms. The zero-order valence-electron chi connectivity index (χ0n) is 19.1. The average Bonchev–Trinajstić information content (AvgIpc) is 2.83. The summed E-state index contributed by atoms with van der Waals surface area (Å²) < 4.78 is 12.2. The SMILES string of the molecule is C/C=C\N(CI)c1cc(C)nc2c(OCc3c(Cl)cncc3CN3CCCOC3=O)cccc12. The minimum Gasteiger partial charge on any atom is -0.487 e. The fraction of sp³-hybridized carbons (Fsp3) is 0.320. The Morgan fingerprint density at radius 1 is 1.35 bits per heavy atom. The van der Waals surface area contributed by atoms with Gasteiger partial charge in [-0.15, -0.1) is 0 Å². The van der Waals surface area contributed by atoms with Crippen LogP contribution in [0.2, 0.25) is 5.02 Å². The number of para-hydroxylation sites is 1. The van der Waals surface area contributed by atoms with Crippen LogP contribution in [0.5, 0.6) is 5.75 Å². The number of carbonyl (C=O) groups excluding carboxylic acids is 1. The minimum absolute atomic E-state index is 0.231. The highest BCUT2D eigenvalue weighted by molar-refractivity contribution is 14.1. The molecule has 0 bridgehead atoms. The average molecular weight is 593 g/mol. The third-order valence-corrected chi connectivity index (χ3v) is 6.62. The summed E-state index contributed by atoms with van der Waals surface area (Å²) in [4.78, 5) is 25.0. The number of halogens is 2. The highest BCUT2D eigenvalue weighted by Crippen LogP contribution is 2.34. The molecule has 34 heavy (non-hydrogen) atoms. The van der Waals surface area contributed by atoms with Gasteiger partial charge < -0.3 is 19.3 Å². The molecule has 178 valence electrons. The predicted molar refractivity (Wildman–Crippen MR) is 143 cm³/mol. The summed E-state index contributed by atoms with van der Waals surface area (Å²) in [5.74, 6) is 0.674. The third-order valence-electron chi connectivity index (χ3n) is 5.56. The maximum atomic E-state index is 12.1. The van der Waals surface area contributed by atoms with Crippen molar-refractivity contribution in [1.82, 2.24) is 14.9 Å². The number of alkyl halides is 1. The summed E-state index contributed by atoms with van der Waals surface area (Å²) in [7, 11) is 0. The summed E-state index contributed by atoms with van der Waals surface area (Å²) in [5, 5.41) is 1.51. The van der Waals surface area contributed by atoms with Gasteiger partial charge in [-0.25, -0.2) is 9.78 Å². The number of rotatable bonds is 8. The Morgan fingerprint density at radius 2 is 2.21 bits per heavy atom. The van der Waals surface area contributed by atoms with Gasteiger partial charge >= 0.3 is 6.09 Å². The highest BCUT2D eigenvalue weighted by atomic mass is 127. The van der Waals surface area contributed by atoms with Gasteiger partial charge in [0.15, 0.2) is 0 Å². The number of benzene rings is 1. The molecule has 1 aromatic carbocycles. The van der Waals surface area contributed by atoms with Crippen LogP contribution < -0.4 is 9.64 Å². The Balaban J connectivity index is 1.64. The zero-order valence-corrected chi connectivity index (χ0v) is 22.0. The van der Waals surface area contributed by atoms with Crippen molar-refractivity contribution < 1.29 is 14.3 Å². The Morgan fingerprint density at radius 3 is 2.97 bits per heavy atom. The number of fused-ring (bicyclic) bond motifs is 1. The Bertz CT molecular complexity index is 1220. The van der Waals surface area contributed by atoms with Gasteiger partial charge in [-0.2, -0.15) is 0 Å². The molecular formula is C25H26ClIN4O3. The number of cyclic esters (lactones) is 1. The lowest BCUT2D eigenvalue weighted by atomic mass is 10.1. The molecule has 9 heteroatoms. The molecule has 1 amide bonds. The largest absolute Gasteiger partial charge is 0.487 e. The van der Waals surface area contributed by atoms with Crippen molar-refractivity contribution in [2.75, 3.05) is 22.6 Å². The molecule has 0 N–H and O–H groups in total. The number of ether oxygens (including phenoxy) is 2. The van der Waals surface area contributed by atoms with Gasteiger partial charge in [0.05, 0.1) is 28.4 Å². The monoisotopic (exact) mass is 592 g/mol. The van der Waals surface area contributed by atoms with Crippen molar-refractivity contribution in [3.63, 3.8) is 0 Å². The van der Waals surface area contributed by atoms with Crippen molar-refractivity contribution in [3.05, 3.63) is 70.8 Å². The summed E-state index contributed by atoms with van der Waals surface area (Å²) in [5.41, 5.74) is 4.40. The number of hydrogen-bond donors (Lipinski definition) is 0. The number of aromatic nitrogens is 2. The Labute approximate surface area is 217 Å². The molecule has 0 atom stereocenters. The normalized spacial score (nSPS) is 14.0. The minimum atomic E-state index is -0.319. The second-order valence-electron chi connectivity index (χ2n) is 7.94. The number of nitrogens with zero attached hydrogens (tertiary/aromatic N) is 4. The van der Waals surface area contributed by atoms with E-state index in [4.69, 9.17) is 26.1 Å². The van der Waals surface area contributed by atoms with E-state index in [1.165, 1.54) is 0 Å². The van der Waals surface area contributed by atoms with E-state index in [-0.39, 0.29) is 12.7 Å². The fourth-order valence-corrected chi connectivity index (χ4v) is 4.77. The molecule has 1 fully saturated rings. The zero-order chi connectivity index (χ0) is 24.1. The van der Waals surface area contributed by atoms with Crippen LogP contribution >= 0.6 is 34.2 Å². The highest BCUT2D eigenvalue weighted by Gasteiger charge is 2.22. The molecule has 1 saturated heterocycles. The van der Waals surface area contributed by atoms with Gasteiger partial charge in [-0.1, -0.05) is 52.4 Å². The number of anilines is 1. The first-order chi connectivity index (χ1) is 16.5. The van der Waals surface area contributed by atoms with Crippen LogP contribution in [0, 0.1) is 6.92 Å². The Kier molecular flexibility index (Phi) is 8.10. The standard InChI is InChI=1S/C25H26ClIN4O3/c1-3-8-31(16-27)22-11-17(2)29-24-19(22)6-4-7-23(24)34-15-20-18(12-28-13-21(20)26)14-30-9-5-10-33-25(30)32/h3-4,6-8,11-13H,5,9-10,14-16H2,1-2H3/b8-3-. The molecule has 4 rings (SSSR count). The lowest BCUT2D eigenvalue weighted by Gasteiger charge is -2.27. The van der Waals surface area contributed by atoms with E-state index in [1.54, 1.807) is 17.3 Å². The molecule has 3 aromatic rings. The number of pyridine rings is 2. The maximum absolute atomic E-state index is 12.1. The van der Waals surface area contributed by atoms with E-state index in [1.807, 2.05) is 32.1 Å². The number of aryl methyl sites for hydroxylation is 1. The lowest BCUT2D eigenvalue weighted by Crippen LogP contribution is -2.37. The molecule has 2 aromatic heterocycles. The summed E-state index contributed by atoms with van der Waals surface area (Å²) in [6.45, 7) is 5.68. The van der Waals surface area contributed by atoms with Crippen LogP contribution in [-0.2, 0) is 17.9 Å². The van der Waals surface area contributed by atoms with Crippen molar-refractivity contribution in [2.45, 2.75) is 33.4 Å². The van der Waals surface area contributed by atoms with Crippen molar-refractivity contribution in [1.29, 1.82) is 0 Å². The first kappa shape index (κ1) is 24.5. The van der Waals surface area contributed by atoms with E-state index < -0.39 is 0 Å². The lowest BCUT2D eigenvalue weighted by molar-refractivity contribution is 0.0698. The molecule has 3 heterocycles. The second kappa shape index (κ2) is 11.2. The molecule has 0 radical (unpaired) electrons. The van der Waals surface area contributed by atoms with Crippen molar-refractivity contribution in [3.8, 4) is 5.75 Å². The smallest absolute Gasteiger partial charge is 0.410 e. The van der Waals surface area contributed by atoms with Crippen LogP contribution in [0.1, 0.15) is 30.2 Å². The first-order valence-corrected chi connectivity index (χ1v) is 12.9. The van der Waals surface area contributed by atoms with E-state index in [0.717, 1.165) is 44.4 Å². The van der Waals surface area contributed by atoms with Gasteiger partial charge in [0.25, 0.3) is 0 Å². The van der Waals surface area contributed by atoms with Gasteiger partial charge in [0.1, 0.15) is 17.9 Å². The summed E-state index contributed by atoms with van der Waals surface area (Å²) in [6, 6.07) is 8.03. The van der Waals surface area contributed by atoms with E-state index in [0.29, 0.717) is 30.5 Å². The maximum Gasteiger partial charge on any atom is 0.410 e. The number of hydrogen-bond acceptors (Lipinski definition) is 6. The topological polar surface area (TPSA) is 67.8 Å². The predicted octanol–water partition coefficient (Wildman–Crippen LogP) is 6.25. The van der Waals surface area contributed by atoms with Crippen LogP contribution in [-0.4, -0.2) is 38.7 Å².